The number of alkyl halides is 6. The van der Waals surface area contributed by atoms with E-state index in [2.05, 4.69) is 17.0 Å². The first-order chi connectivity index (χ1) is 17.8. The minimum Gasteiger partial charge on any atom is -0.508 e. The highest BCUT2D eigenvalue weighted by molar-refractivity contribution is 6.01. The Bertz CT molecular complexity index is 1390. The van der Waals surface area contributed by atoms with Gasteiger partial charge in [0.25, 0.3) is 5.91 Å². The molecular formula is C26H22F6N4O2. The average molecular weight is 536 g/mol. The SMILES string of the molecule is C=C(O)c1ccc(C2(NC(=O)c3c(C(F)(F)F)nn4c3N(Cc3ccc(C(F)(F)F)cc3)CC4)CC2)cc1. The van der Waals surface area contributed by atoms with Gasteiger partial charge in [-0.3, -0.25) is 4.79 Å². The van der Waals surface area contributed by atoms with Gasteiger partial charge in [-0.2, -0.15) is 31.4 Å². The fourth-order valence-electron chi connectivity index (χ4n) is 4.70. The average Bonchev–Trinajstić information content (AvgIpc) is 3.35. The Kier molecular flexibility index (Phi) is 5.96. The predicted molar refractivity (Wildman–Crippen MR) is 126 cm³/mol. The van der Waals surface area contributed by atoms with E-state index >= 15 is 0 Å². The largest absolute Gasteiger partial charge is 0.508 e. The Morgan fingerprint density at radius 2 is 1.61 bits per heavy atom. The minimum absolute atomic E-state index is 0.000934. The molecular weight excluding hydrogens is 514 g/mol. The number of aliphatic hydroxyl groups is 1. The number of nitrogens with one attached hydrogen (secondary N) is 1. The molecule has 2 N–H and O–H groups in total. The molecule has 12 heteroatoms. The normalized spacial score (nSPS) is 16.3. The van der Waals surface area contributed by atoms with E-state index in [1.54, 1.807) is 24.3 Å². The van der Waals surface area contributed by atoms with Gasteiger partial charge in [0.2, 0.25) is 0 Å². The van der Waals surface area contributed by atoms with Crippen LogP contribution in [-0.2, 0) is 31.0 Å². The standard InChI is InChI=1S/C26H22F6N4O2/c1-15(37)17-4-8-18(9-5-17)24(10-11-24)33-22(38)20-21(26(30,31)32)34-36-13-12-35(23(20)36)14-16-2-6-19(7-3-16)25(27,28)29/h2-9,37H,1,10-14H2,(H,33,38). The van der Waals surface area contributed by atoms with Crippen LogP contribution in [0.3, 0.4) is 0 Å². The number of amides is 1. The Morgan fingerprint density at radius 3 is 2.13 bits per heavy atom. The second-order valence-electron chi connectivity index (χ2n) is 9.44. The number of hydrogen-bond donors (Lipinski definition) is 2. The summed E-state index contributed by atoms with van der Waals surface area (Å²) in [5, 5.41) is 16.0. The first kappa shape index (κ1) is 25.7. The van der Waals surface area contributed by atoms with Gasteiger partial charge < -0.3 is 15.3 Å². The smallest absolute Gasteiger partial charge is 0.436 e. The summed E-state index contributed by atoms with van der Waals surface area (Å²) < 4.78 is 81.7. The number of hydrogen-bond acceptors (Lipinski definition) is 4. The first-order valence-electron chi connectivity index (χ1n) is 11.7. The topological polar surface area (TPSA) is 70.4 Å². The molecule has 1 aliphatic carbocycles. The summed E-state index contributed by atoms with van der Waals surface area (Å²) in [5.74, 6) is -1.10. The van der Waals surface area contributed by atoms with Gasteiger partial charge in [0.05, 0.1) is 17.6 Å². The van der Waals surface area contributed by atoms with Crippen molar-refractivity contribution in [1.82, 2.24) is 15.1 Å². The molecule has 1 aromatic heterocycles. The lowest BCUT2D eigenvalue weighted by Crippen LogP contribution is -2.36. The van der Waals surface area contributed by atoms with Crippen LogP contribution in [0.4, 0.5) is 32.2 Å². The molecule has 1 fully saturated rings. The molecule has 2 heterocycles. The highest BCUT2D eigenvalue weighted by atomic mass is 19.4. The highest BCUT2D eigenvalue weighted by Gasteiger charge is 2.49. The number of rotatable bonds is 6. The molecule has 1 saturated carbocycles. The van der Waals surface area contributed by atoms with E-state index in [-0.39, 0.29) is 31.2 Å². The lowest BCUT2D eigenvalue weighted by atomic mass is 10.0. The number of benzene rings is 2. The monoisotopic (exact) mass is 536 g/mol. The maximum Gasteiger partial charge on any atom is 0.436 e. The molecule has 1 amide bonds. The molecule has 2 aromatic carbocycles. The summed E-state index contributed by atoms with van der Waals surface area (Å²) in [7, 11) is 0. The first-order valence-corrected chi connectivity index (χ1v) is 11.7. The Morgan fingerprint density at radius 1 is 0.974 bits per heavy atom. The summed E-state index contributed by atoms with van der Waals surface area (Å²) in [6, 6.07) is 10.9. The van der Waals surface area contributed by atoms with E-state index in [0.717, 1.165) is 16.8 Å². The molecule has 0 atom stereocenters. The van der Waals surface area contributed by atoms with Crippen molar-refractivity contribution in [2.24, 2.45) is 0 Å². The van der Waals surface area contributed by atoms with Crippen LogP contribution in [-0.4, -0.2) is 27.3 Å². The van der Waals surface area contributed by atoms with E-state index in [1.807, 2.05) is 0 Å². The van der Waals surface area contributed by atoms with Crippen LogP contribution in [0, 0.1) is 0 Å². The molecule has 0 unspecified atom stereocenters. The molecule has 0 radical (unpaired) electrons. The fourth-order valence-corrected chi connectivity index (χ4v) is 4.70. The van der Waals surface area contributed by atoms with Crippen LogP contribution in [0.25, 0.3) is 5.76 Å². The molecule has 0 spiro atoms. The van der Waals surface area contributed by atoms with Crippen LogP contribution >= 0.6 is 0 Å². The van der Waals surface area contributed by atoms with E-state index < -0.39 is 40.6 Å². The van der Waals surface area contributed by atoms with Gasteiger partial charge in [0.15, 0.2) is 5.69 Å². The van der Waals surface area contributed by atoms with Crippen LogP contribution in [0.15, 0.2) is 55.1 Å². The minimum atomic E-state index is -4.90. The summed E-state index contributed by atoms with van der Waals surface area (Å²) in [4.78, 5) is 14.9. The van der Waals surface area contributed by atoms with Crippen molar-refractivity contribution >= 4 is 17.5 Å². The van der Waals surface area contributed by atoms with Gasteiger partial charge in [-0.1, -0.05) is 43.0 Å². The Labute approximate surface area is 213 Å². The molecule has 38 heavy (non-hydrogen) atoms. The number of anilines is 1. The van der Waals surface area contributed by atoms with Gasteiger partial charge in [-0.05, 0) is 36.1 Å². The van der Waals surface area contributed by atoms with Gasteiger partial charge >= 0.3 is 12.4 Å². The second kappa shape index (κ2) is 8.81. The van der Waals surface area contributed by atoms with Gasteiger partial charge in [0.1, 0.15) is 17.1 Å². The Hall–Kier alpha value is -3.96. The zero-order valence-corrected chi connectivity index (χ0v) is 19.8. The Balaban J connectivity index is 1.45. The third-order valence-corrected chi connectivity index (χ3v) is 6.83. The number of halogens is 6. The number of nitrogens with zero attached hydrogens (tertiary/aromatic N) is 3. The van der Waals surface area contributed by atoms with Crippen molar-refractivity contribution in [3.05, 3.63) is 88.6 Å². The predicted octanol–water partition coefficient (Wildman–Crippen LogP) is 5.89. The zero-order chi connectivity index (χ0) is 27.5. The lowest BCUT2D eigenvalue weighted by molar-refractivity contribution is -0.142. The van der Waals surface area contributed by atoms with Gasteiger partial charge in [0, 0.05) is 18.7 Å². The van der Waals surface area contributed by atoms with Crippen LogP contribution in [0.1, 0.15) is 51.1 Å². The van der Waals surface area contributed by atoms with Crippen LogP contribution < -0.4 is 10.2 Å². The summed E-state index contributed by atoms with van der Waals surface area (Å²) in [6.45, 7) is 3.77. The highest BCUT2D eigenvalue weighted by Crippen LogP contribution is 2.47. The molecule has 1 aliphatic heterocycles. The molecule has 5 rings (SSSR count). The van der Waals surface area contributed by atoms with E-state index in [9.17, 15) is 36.2 Å². The number of carbonyl (C=O) groups is 1. The maximum absolute atomic E-state index is 14.0. The molecule has 6 nitrogen and oxygen atoms in total. The van der Waals surface area contributed by atoms with E-state index in [1.165, 1.54) is 17.0 Å². The van der Waals surface area contributed by atoms with Crippen molar-refractivity contribution < 1.29 is 36.2 Å². The van der Waals surface area contributed by atoms with Gasteiger partial charge in [-0.15, -0.1) is 0 Å². The van der Waals surface area contributed by atoms with Crippen molar-refractivity contribution in [3.8, 4) is 0 Å². The number of carbonyl (C=O) groups excluding carboxylic acids is 1. The molecule has 2 aliphatic rings. The zero-order valence-electron chi connectivity index (χ0n) is 19.8. The molecule has 200 valence electrons. The number of aliphatic hydroxyl groups excluding tert-OH is 1. The summed E-state index contributed by atoms with van der Waals surface area (Å²) >= 11 is 0. The van der Waals surface area contributed by atoms with Gasteiger partial charge in [-0.25, -0.2) is 4.68 Å². The van der Waals surface area contributed by atoms with Crippen molar-refractivity contribution in [1.29, 1.82) is 0 Å². The maximum atomic E-state index is 14.0. The number of fused-ring (bicyclic) bond motifs is 1. The summed E-state index contributed by atoms with van der Waals surface area (Å²) in [5.41, 5.74) is -2.03. The second-order valence-corrected chi connectivity index (χ2v) is 9.44. The quantitative estimate of drug-likeness (QED) is 0.305. The van der Waals surface area contributed by atoms with Crippen LogP contribution in [0.5, 0.6) is 0 Å². The van der Waals surface area contributed by atoms with Crippen molar-refractivity contribution in [3.63, 3.8) is 0 Å². The third-order valence-electron chi connectivity index (χ3n) is 6.83. The van der Waals surface area contributed by atoms with Crippen molar-refractivity contribution in [2.45, 2.75) is 43.8 Å². The number of aromatic nitrogens is 2. The lowest BCUT2D eigenvalue weighted by Gasteiger charge is -2.22. The van der Waals surface area contributed by atoms with Crippen molar-refractivity contribution in [2.75, 3.05) is 11.4 Å². The van der Waals surface area contributed by atoms with E-state index in [0.29, 0.717) is 29.5 Å². The van der Waals surface area contributed by atoms with E-state index in [4.69, 9.17) is 0 Å². The summed E-state index contributed by atoms with van der Waals surface area (Å²) in [6.07, 6.45) is -8.39. The molecule has 0 saturated heterocycles. The molecule has 3 aromatic rings. The third kappa shape index (κ3) is 4.70. The fraction of sp³-hybridized carbons (Fsp3) is 0.308. The molecule has 0 bridgehead atoms. The van der Waals surface area contributed by atoms with Crippen LogP contribution in [0.2, 0.25) is 0 Å².